The zero-order chi connectivity index (χ0) is 21.4. The molecule has 1 saturated heterocycles. The van der Waals surface area contributed by atoms with Crippen molar-refractivity contribution in [2.24, 2.45) is 5.92 Å². The van der Waals surface area contributed by atoms with E-state index < -0.39 is 0 Å². The third-order valence-electron chi connectivity index (χ3n) is 5.81. The molecule has 2 aliphatic rings. The molecule has 4 rings (SSSR count). The summed E-state index contributed by atoms with van der Waals surface area (Å²) in [5.74, 6) is 0.571. The van der Waals surface area contributed by atoms with E-state index in [-0.39, 0.29) is 17.4 Å². The first-order valence-corrected chi connectivity index (χ1v) is 11.8. The van der Waals surface area contributed by atoms with Crippen LogP contribution >= 0.6 is 35.0 Å². The Morgan fingerprint density at radius 1 is 1.20 bits per heavy atom. The van der Waals surface area contributed by atoms with Gasteiger partial charge in [0.2, 0.25) is 5.91 Å². The van der Waals surface area contributed by atoms with Crippen LogP contribution in [0.25, 0.3) is 0 Å². The Kier molecular flexibility index (Phi) is 6.32. The van der Waals surface area contributed by atoms with Crippen molar-refractivity contribution >= 4 is 46.6 Å². The van der Waals surface area contributed by atoms with Crippen molar-refractivity contribution in [3.63, 3.8) is 0 Å². The van der Waals surface area contributed by atoms with Crippen LogP contribution in [0.3, 0.4) is 0 Å². The predicted molar refractivity (Wildman–Crippen MR) is 122 cm³/mol. The van der Waals surface area contributed by atoms with E-state index in [1.807, 2.05) is 30.9 Å². The standard InChI is InChI=1S/C21H24Cl2N4O2S/c1-3-16-13(2)24-21-27(20(16)29)11-14(12-30-21)19(28)26-8-6-25(7-9-26)15-4-5-17(22)18(23)10-15/h4-5,10,14H,3,6-9,11-12H2,1-2H3. The number of thioether (sulfide) groups is 1. The van der Waals surface area contributed by atoms with E-state index in [2.05, 4.69) is 9.88 Å². The molecule has 0 aliphatic carbocycles. The highest BCUT2D eigenvalue weighted by Gasteiger charge is 2.32. The number of carbonyl (C=O) groups excluding carboxylic acids is 1. The number of anilines is 1. The molecule has 2 aliphatic heterocycles. The van der Waals surface area contributed by atoms with Gasteiger partial charge in [0.1, 0.15) is 0 Å². The van der Waals surface area contributed by atoms with Gasteiger partial charge < -0.3 is 9.80 Å². The second-order valence-corrected chi connectivity index (χ2v) is 9.45. The minimum atomic E-state index is -0.203. The Bertz CT molecular complexity index is 1030. The number of benzene rings is 1. The van der Waals surface area contributed by atoms with Gasteiger partial charge in [-0.25, -0.2) is 4.98 Å². The first-order chi connectivity index (χ1) is 14.4. The second kappa shape index (κ2) is 8.81. The number of hydrogen-bond donors (Lipinski definition) is 0. The number of fused-ring (bicyclic) bond motifs is 1. The fourth-order valence-corrected chi connectivity index (χ4v) is 5.48. The third kappa shape index (κ3) is 4.07. The second-order valence-electron chi connectivity index (χ2n) is 7.65. The molecule has 0 saturated carbocycles. The van der Waals surface area contributed by atoms with Gasteiger partial charge in [0.15, 0.2) is 5.16 Å². The lowest BCUT2D eigenvalue weighted by atomic mass is 10.1. The van der Waals surface area contributed by atoms with Gasteiger partial charge >= 0.3 is 0 Å². The molecular formula is C21H24Cl2N4O2S. The minimum absolute atomic E-state index is 0.00515. The highest BCUT2D eigenvalue weighted by molar-refractivity contribution is 7.99. The molecule has 9 heteroatoms. The number of carbonyl (C=O) groups is 1. The molecule has 160 valence electrons. The molecule has 1 aromatic carbocycles. The number of aryl methyl sites for hydroxylation is 1. The van der Waals surface area contributed by atoms with Crippen molar-refractivity contribution in [3.8, 4) is 0 Å². The molecule has 1 unspecified atom stereocenters. The van der Waals surface area contributed by atoms with Gasteiger partial charge in [-0.2, -0.15) is 0 Å². The molecule has 30 heavy (non-hydrogen) atoms. The first-order valence-electron chi connectivity index (χ1n) is 10.1. The summed E-state index contributed by atoms with van der Waals surface area (Å²) < 4.78 is 1.69. The van der Waals surface area contributed by atoms with Crippen LogP contribution in [0.1, 0.15) is 18.2 Å². The average molecular weight is 467 g/mol. The summed E-state index contributed by atoms with van der Waals surface area (Å²) in [6, 6.07) is 5.61. The largest absolute Gasteiger partial charge is 0.368 e. The van der Waals surface area contributed by atoms with Crippen molar-refractivity contribution in [1.82, 2.24) is 14.5 Å². The number of amides is 1. The molecule has 3 heterocycles. The van der Waals surface area contributed by atoms with Crippen molar-refractivity contribution in [3.05, 3.63) is 49.9 Å². The summed E-state index contributed by atoms with van der Waals surface area (Å²) in [7, 11) is 0. The number of aromatic nitrogens is 2. The van der Waals surface area contributed by atoms with Crippen molar-refractivity contribution in [2.45, 2.75) is 32.0 Å². The molecule has 0 N–H and O–H groups in total. The van der Waals surface area contributed by atoms with Gasteiger partial charge in [-0.1, -0.05) is 41.9 Å². The number of nitrogens with zero attached hydrogens (tertiary/aromatic N) is 4. The molecule has 0 bridgehead atoms. The van der Waals surface area contributed by atoms with Gasteiger partial charge in [-0.15, -0.1) is 0 Å². The van der Waals surface area contributed by atoms with Crippen LogP contribution < -0.4 is 10.5 Å². The van der Waals surface area contributed by atoms with Crippen LogP contribution in [0.2, 0.25) is 10.0 Å². The number of piperazine rings is 1. The highest BCUT2D eigenvalue weighted by atomic mass is 35.5. The van der Waals surface area contributed by atoms with E-state index in [1.165, 1.54) is 11.8 Å². The van der Waals surface area contributed by atoms with E-state index in [0.717, 1.165) is 35.2 Å². The monoisotopic (exact) mass is 466 g/mol. The zero-order valence-corrected chi connectivity index (χ0v) is 19.4. The summed E-state index contributed by atoms with van der Waals surface area (Å²) in [5, 5.41) is 1.80. The fourth-order valence-electron chi connectivity index (χ4n) is 4.08. The quantitative estimate of drug-likeness (QED) is 0.647. The Morgan fingerprint density at radius 2 is 1.93 bits per heavy atom. The van der Waals surface area contributed by atoms with Crippen LogP contribution in [0.5, 0.6) is 0 Å². The van der Waals surface area contributed by atoms with Crippen LogP contribution in [-0.2, 0) is 17.8 Å². The number of hydrogen-bond acceptors (Lipinski definition) is 5. The molecule has 6 nitrogen and oxygen atoms in total. The molecule has 1 atom stereocenters. The molecule has 0 radical (unpaired) electrons. The fraction of sp³-hybridized carbons (Fsp3) is 0.476. The maximum Gasteiger partial charge on any atom is 0.257 e. The Hall–Kier alpha value is -1.70. The van der Waals surface area contributed by atoms with Crippen molar-refractivity contribution in [2.75, 3.05) is 36.8 Å². The van der Waals surface area contributed by atoms with Crippen LogP contribution in [0.4, 0.5) is 5.69 Å². The van der Waals surface area contributed by atoms with E-state index in [1.54, 1.807) is 10.6 Å². The Morgan fingerprint density at radius 3 is 2.60 bits per heavy atom. The minimum Gasteiger partial charge on any atom is -0.368 e. The van der Waals surface area contributed by atoms with Crippen molar-refractivity contribution in [1.29, 1.82) is 0 Å². The molecule has 1 aromatic heterocycles. The van der Waals surface area contributed by atoms with E-state index in [0.29, 0.717) is 41.9 Å². The topological polar surface area (TPSA) is 58.4 Å². The van der Waals surface area contributed by atoms with E-state index in [9.17, 15) is 9.59 Å². The van der Waals surface area contributed by atoms with Gasteiger partial charge in [0.05, 0.1) is 16.0 Å². The van der Waals surface area contributed by atoms with Gasteiger partial charge in [0, 0.05) is 55.4 Å². The SMILES string of the molecule is CCc1c(C)nc2n(c1=O)CC(C(=O)N1CCN(c3ccc(Cl)c(Cl)c3)CC1)CS2. The number of rotatable bonds is 3. The number of halogens is 2. The lowest BCUT2D eigenvalue weighted by molar-refractivity contribution is -0.135. The van der Waals surface area contributed by atoms with Crippen molar-refractivity contribution < 1.29 is 4.79 Å². The zero-order valence-electron chi connectivity index (χ0n) is 17.0. The van der Waals surface area contributed by atoms with Gasteiger partial charge in [-0.05, 0) is 31.5 Å². The summed E-state index contributed by atoms with van der Waals surface area (Å²) in [4.78, 5) is 34.7. The lowest BCUT2D eigenvalue weighted by Crippen LogP contribution is -2.52. The summed E-state index contributed by atoms with van der Waals surface area (Å²) in [6.07, 6.45) is 0.651. The molecule has 1 amide bonds. The molecule has 2 aromatic rings. The first kappa shape index (κ1) is 21.5. The van der Waals surface area contributed by atoms with Gasteiger partial charge in [-0.3, -0.25) is 14.2 Å². The van der Waals surface area contributed by atoms with Crippen LogP contribution in [0, 0.1) is 12.8 Å². The Balaban J connectivity index is 1.43. The highest BCUT2D eigenvalue weighted by Crippen LogP contribution is 2.29. The van der Waals surface area contributed by atoms with Gasteiger partial charge in [0.25, 0.3) is 5.56 Å². The summed E-state index contributed by atoms with van der Waals surface area (Å²) in [6.45, 7) is 7.02. The Labute approximate surface area is 190 Å². The van der Waals surface area contributed by atoms with Crippen LogP contribution in [-0.4, -0.2) is 52.3 Å². The lowest BCUT2D eigenvalue weighted by Gasteiger charge is -2.38. The van der Waals surface area contributed by atoms with E-state index >= 15 is 0 Å². The normalized spacial score (nSPS) is 19.0. The summed E-state index contributed by atoms with van der Waals surface area (Å²) >= 11 is 13.7. The van der Waals surface area contributed by atoms with E-state index in [4.69, 9.17) is 23.2 Å². The maximum absolute atomic E-state index is 13.2. The third-order valence-corrected chi connectivity index (χ3v) is 7.69. The average Bonchev–Trinajstić information content (AvgIpc) is 2.75. The molecule has 0 spiro atoms. The smallest absolute Gasteiger partial charge is 0.257 e. The van der Waals surface area contributed by atoms with Crippen LogP contribution in [0.15, 0.2) is 28.2 Å². The summed E-state index contributed by atoms with van der Waals surface area (Å²) in [5.41, 5.74) is 2.54. The maximum atomic E-state index is 13.2. The molecular weight excluding hydrogens is 443 g/mol. The predicted octanol–water partition coefficient (Wildman–Crippen LogP) is 3.49. The molecule has 1 fully saturated rings.